The molecule has 0 fully saturated rings. The van der Waals surface area contributed by atoms with Gasteiger partial charge in [-0.15, -0.1) is 0 Å². The first-order chi connectivity index (χ1) is 10.1. The summed E-state index contributed by atoms with van der Waals surface area (Å²) in [5.74, 6) is 7.10. The van der Waals surface area contributed by atoms with Gasteiger partial charge in [0.25, 0.3) is 0 Å². The van der Waals surface area contributed by atoms with Crippen LogP contribution in [0.3, 0.4) is 0 Å². The summed E-state index contributed by atoms with van der Waals surface area (Å²) in [7, 11) is 3.22. The molecule has 0 saturated carbocycles. The molecule has 0 bridgehead atoms. The van der Waals surface area contributed by atoms with Crippen molar-refractivity contribution in [3.63, 3.8) is 0 Å². The van der Waals surface area contributed by atoms with E-state index in [2.05, 4.69) is 5.43 Å². The van der Waals surface area contributed by atoms with Crippen molar-refractivity contribution in [1.29, 1.82) is 0 Å². The molecule has 0 aliphatic carbocycles. The van der Waals surface area contributed by atoms with Crippen LogP contribution in [-0.2, 0) is 0 Å². The molecule has 1 atom stereocenters. The maximum atomic E-state index is 6.20. The average Bonchev–Trinajstić information content (AvgIpc) is 2.51. The van der Waals surface area contributed by atoms with Gasteiger partial charge in [0, 0.05) is 5.02 Å². The topological polar surface area (TPSA) is 56.5 Å². The highest BCUT2D eigenvalue weighted by Crippen LogP contribution is 2.34. The lowest BCUT2D eigenvalue weighted by Crippen LogP contribution is -2.29. The first kappa shape index (κ1) is 15.6. The molecule has 0 saturated heterocycles. The van der Waals surface area contributed by atoms with Gasteiger partial charge in [-0.2, -0.15) is 0 Å². The fraction of sp³-hybridized carbons (Fsp3) is 0.250. The Balaban J connectivity index is 2.49. The number of nitrogens with two attached hydrogens (primary N) is 1. The van der Waals surface area contributed by atoms with Gasteiger partial charge in [0.1, 0.15) is 0 Å². The monoisotopic (exact) mass is 306 g/mol. The third-order valence-corrected chi connectivity index (χ3v) is 3.94. The predicted octanol–water partition coefficient (Wildman–Crippen LogP) is 3.22. The highest BCUT2D eigenvalue weighted by Gasteiger charge is 2.17. The summed E-state index contributed by atoms with van der Waals surface area (Å²) in [6, 6.07) is 11.3. The summed E-state index contributed by atoms with van der Waals surface area (Å²) >= 11 is 6.20. The lowest BCUT2D eigenvalue weighted by molar-refractivity contribution is 0.354. The Labute approximate surface area is 129 Å². The molecule has 0 amide bonds. The van der Waals surface area contributed by atoms with E-state index in [-0.39, 0.29) is 6.04 Å². The van der Waals surface area contributed by atoms with E-state index in [9.17, 15) is 0 Å². The molecule has 5 heteroatoms. The Morgan fingerprint density at radius 2 is 1.81 bits per heavy atom. The van der Waals surface area contributed by atoms with Gasteiger partial charge in [-0.3, -0.25) is 5.84 Å². The van der Waals surface area contributed by atoms with Crippen LogP contribution < -0.4 is 20.7 Å². The van der Waals surface area contributed by atoms with Crippen molar-refractivity contribution in [2.24, 2.45) is 5.84 Å². The minimum absolute atomic E-state index is 0.177. The van der Waals surface area contributed by atoms with E-state index in [1.807, 2.05) is 43.3 Å². The van der Waals surface area contributed by atoms with Gasteiger partial charge in [0.15, 0.2) is 11.5 Å². The highest BCUT2D eigenvalue weighted by molar-refractivity contribution is 6.31. The van der Waals surface area contributed by atoms with E-state index in [0.717, 1.165) is 16.7 Å². The molecule has 0 aliphatic rings. The number of rotatable bonds is 5. The van der Waals surface area contributed by atoms with Crippen LogP contribution in [0.25, 0.3) is 0 Å². The van der Waals surface area contributed by atoms with Gasteiger partial charge in [-0.05, 0) is 41.8 Å². The van der Waals surface area contributed by atoms with Crippen LogP contribution in [0.1, 0.15) is 22.7 Å². The molecule has 2 rings (SSSR count). The van der Waals surface area contributed by atoms with Crippen LogP contribution in [0, 0.1) is 6.92 Å². The largest absolute Gasteiger partial charge is 0.493 e. The number of hydrogen-bond acceptors (Lipinski definition) is 4. The predicted molar refractivity (Wildman–Crippen MR) is 84.9 cm³/mol. The molecular formula is C16H19ClN2O2. The van der Waals surface area contributed by atoms with Crippen LogP contribution >= 0.6 is 11.6 Å². The van der Waals surface area contributed by atoms with Crippen LogP contribution in [0.2, 0.25) is 5.02 Å². The third kappa shape index (κ3) is 3.13. The number of hydrazine groups is 1. The number of nitrogens with one attached hydrogen (secondary N) is 1. The SMILES string of the molecule is COc1ccc(C(NN)c2cccc(Cl)c2C)cc1OC. The molecule has 112 valence electrons. The number of halogens is 1. The average molecular weight is 307 g/mol. The van der Waals surface area contributed by atoms with Crippen molar-refractivity contribution in [2.45, 2.75) is 13.0 Å². The van der Waals surface area contributed by atoms with Crippen LogP contribution in [-0.4, -0.2) is 14.2 Å². The number of ether oxygens (including phenoxy) is 2. The lowest BCUT2D eigenvalue weighted by atomic mass is 9.95. The maximum Gasteiger partial charge on any atom is 0.161 e. The van der Waals surface area contributed by atoms with Crippen LogP contribution in [0.4, 0.5) is 0 Å². The van der Waals surface area contributed by atoms with Gasteiger partial charge in [0.2, 0.25) is 0 Å². The minimum Gasteiger partial charge on any atom is -0.493 e. The molecule has 4 nitrogen and oxygen atoms in total. The molecule has 0 radical (unpaired) electrons. The smallest absolute Gasteiger partial charge is 0.161 e. The van der Waals surface area contributed by atoms with Gasteiger partial charge >= 0.3 is 0 Å². The first-order valence-corrected chi connectivity index (χ1v) is 6.93. The molecule has 1 unspecified atom stereocenters. The van der Waals surface area contributed by atoms with E-state index in [1.54, 1.807) is 14.2 Å². The quantitative estimate of drug-likeness (QED) is 0.658. The highest BCUT2D eigenvalue weighted by atomic mass is 35.5. The fourth-order valence-corrected chi connectivity index (χ4v) is 2.52. The van der Waals surface area contributed by atoms with E-state index in [4.69, 9.17) is 26.9 Å². The summed E-state index contributed by atoms with van der Waals surface area (Å²) in [6.07, 6.45) is 0. The van der Waals surface area contributed by atoms with Crippen LogP contribution in [0.15, 0.2) is 36.4 Å². The lowest BCUT2D eigenvalue weighted by Gasteiger charge is -2.21. The third-order valence-electron chi connectivity index (χ3n) is 3.53. The zero-order valence-electron chi connectivity index (χ0n) is 12.3. The maximum absolute atomic E-state index is 6.20. The normalized spacial score (nSPS) is 12.0. The van der Waals surface area contributed by atoms with Crippen molar-refractivity contribution in [3.05, 3.63) is 58.1 Å². The van der Waals surface area contributed by atoms with Crippen molar-refractivity contribution >= 4 is 11.6 Å². The summed E-state index contributed by atoms with van der Waals surface area (Å²) in [4.78, 5) is 0. The molecule has 0 heterocycles. The molecule has 21 heavy (non-hydrogen) atoms. The molecule has 0 aromatic heterocycles. The zero-order chi connectivity index (χ0) is 15.4. The Hall–Kier alpha value is -1.75. The zero-order valence-corrected chi connectivity index (χ0v) is 13.1. The van der Waals surface area contributed by atoms with Gasteiger partial charge in [-0.25, -0.2) is 5.43 Å². The Morgan fingerprint density at radius 3 is 2.43 bits per heavy atom. The number of hydrogen-bond donors (Lipinski definition) is 2. The van der Waals surface area contributed by atoms with Crippen molar-refractivity contribution in [3.8, 4) is 11.5 Å². The van der Waals surface area contributed by atoms with Gasteiger partial charge < -0.3 is 9.47 Å². The van der Waals surface area contributed by atoms with Gasteiger partial charge in [0.05, 0.1) is 20.3 Å². The second kappa shape index (κ2) is 6.80. The molecule has 3 N–H and O–H groups in total. The summed E-state index contributed by atoms with van der Waals surface area (Å²) in [6.45, 7) is 1.97. The van der Waals surface area contributed by atoms with E-state index in [1.165, 1.54) is 0 Å². The summed E-state index contributed by atoms with van der Waals surface area (Å²) in [5, 5.41) is 0.716. The molecular weight excluding hydrogens is 288 g/mol. The van der Waals surface area contributed by atoms with Crippen molar-refractivity contribution < 1.29 is 9.47 Å². The number of benzene rings is 2. The fourth-order valence-electron chi connectivity index (χ4n) is 2.33. The van der Waals surface area contributed by atoms with Gasteiger partial charge in [-0.1, -0.05) is 29.8 Å². The van der Waals surface area contributed by atoms with E-state index in [0.29, 0.717) is 16.5 Å². The second-order valence-corrected chi connectivity index (χ2v) is 5.08. The summed E-state index contributed by atoms with van der Waals surface area (Å²) < 4.78 is 10.6. The first-order valence-electron chi connectivity index (χ1n) is 6.55. The molecule has 0 aliphatic heterocycles. The Kier molecular flexibility index (Phi) is 5.07. The Bertz CT molecular complexity index is 632. The second-order valence-electron chi connectivity index (χ2n) is 4.67. The Morgan fingerprint density at radius 1 is 1.10 bits per heavy atom. The van der Waals surface area contributed by atoms with E-state index >= 15 is 0 Å². The van der Waals surface area contributed by atoms with Crippen LogP contribution in [0.5, 0.6) is 11.5 Å². The molecule has 0 spiro atoms. The van der Waals surface area contributed by atoms with Crippen molar-refractivity contribution in [2.75, 3.05) is 14.2 Å². The summed E-state index contributed by atoms with van der Waals surface area (Å²) in [5.41, 5.74) is 5.83. The molecule has 2 aromatic carbocycles. The van der Waals surface area contributed by atoms with E-state index < -0.39 is 0 Å². The number of methoxy groups -OCH3 is 2. The standard InChI is InChI=1S/C16H19ClN2O2/c1-10-12(5-4-6-13(10)17)16(19-18)11-7-8-14(20-2)15(9-11)21-3/h4-9,16,19H,18H2,1-3H3. The minimum atomic E-state index is -0.177. The van der Waals surface area contributed by atoms with Crippen molar-refractivity contribution in [1.82, 2.24) is 5.43 Å². The molecule has 2 aromatic rings.